The van der Waals surface area contributed by atoms with Crippen molar-refractivity contribution in [1.29, 1.82) is 0 Å². The Morgan fingerprint density at radius 3 is 2.38 bits per heavy atom. The van der Waals surface area contributed by atoms with Gasteiger partial charge in [-0.25, -0.2) is 4.39 Å². The normalized spacial score (nSPS) is 11.2. The number of nitrogens with two attached hydrogens (primary N) is 1. The summed E-state index contributed by atoms with van der Waals surface area (Å²) in [5, 5.41) is 2.29. The van der Waals surface area contributed by atoms with Crippen molar-refractivity contribution in [3.63, 3.8) is 0 Å². The molecule has 0 atom stereocenters. The lowest BCUT2D eigenvalue weighted by Gasteiger charge is -2.11. The van der Waals surface area contributed by atoms with Gasteiger partial charge in [0.2, 0.25) is 0 Å². The number of hydrogen-bond donors (Lipinski definition) is 2. The molecule has 0 saturated heterocycles. The van der Waals surface area contributed by atoms with E-state index in [9.17, 15) is 22.4 Å². The third-order valence-electron chi connectivity index (χ3n) is 2.69. The van der Waals surface area contributed by atoms with Crippen molar-refractivity contribution in [3.8, 4) is 0 Å². The van der Waals surface area contributed by atoms with Crippen LogP contribution in [0.25, 0.3) is 0 Å². The number of alkyl halides is 3. The SMILES string of the molecule is Nc1cccc(NC(=O)c2cccc(C(F)(F)F)c2F)c1. The first-order valence-electron chi connectivity index (χ1n) is 5.81. The van der Waals surface area contributed by atoms with Gasteiger partial charge in [0.15, 0.2) is 0 Å². The third-order valence-corrected chi connectivity index (χ3v) is 2.69. The zero-order valence-electron chi connectivity index (χ0n) is 10.5. The van der Waals surface area contributed by atoms with Gasteiger partial charge in [0.05, 0.1) is 11.1 Å². The molecule has 0 unspecified atom stereocenters. The summed E-state index contributed by atoms with van der Waals surface area (Å²) in [5.41, 5.74) is 3.96. The van der Waals surface area contributed by atoms with Crippen LogP contribution in [-0.4, -0.2) is 5.91 Å². The lowest BCUT2D eigenvalue weighted by Crippen LogP contribution is -2.17. The average molecular weight is 298 g/mol. The number of nitrogen functional groups attached to an aromatic ring is 1. The maximum Gasteiger partial charge on any atom is 0.419 e. The smallest absolute Gasteiger partial charge is 0.399 e. The van der Waals surface area contributed by atoms with E-state index in [1.807, 2.05) is 0 Å². The van der Waals surface area contributed by atoms with Gasteiger partial charge >= 0.3 is 6.18 Å². The molecule has 0 aliphatic heterocycles. The second-order valence-electron chi connectivity index (χ2n) is 4.24. The fourth-order valence-corrected chi connectivity index (χ4v) is 1.74. The van der Waals surface area contributed by atoms with E-state index in [1.54, 1.807) is 12.1 Å². The Kier molecular flexibility index (Phi) is 3.84. The zero-order valence-corrected chi connectivity index (χ0v) is 10.5. The maximum absolute atomic E-state index is 13.8. The number of amides is 1. The first kappa shape index (κ1) is 14.8. The highest BCUT2D eigenvalue weighted by Crippen LogP contribution is 2.32. The Morgan fingerprint density at radius 2 is 1.76 bits per heavy atom. The van der Waals surface area contributed by atoms with Crippen molar-refractivity contribution < 1.29 is 22.4 Å². The van der Waals surface area contributed by atoms with Gasteiger partial charge in [-0.3, -0.25) is 4.79 Å². The van der Waals surface area contributed by atoms with E-state index in [2.05, 4.69) is 5.32 Å². The third kappa shape index (κ3) is 3.31. The molecule has 1 amide bonds. The van der Waals surface area contributed by atoms with E-state index in [0.29, 0.717) is 11.8 Å². The second kappa shape index (κ2) is 5.43. The minimum absolute atomic E-state index is 0.261. The molecule has 2 aromatic rings. The number of rotatable bonds is 2. The van der Waals surface area contributed by atoms with E-state index in [1.165, 1.54) is 12.1 Å². The predicted molar refractivity (Wildman–Crippen MR) is 70.2 cm³/mol. The van der Waals surface area contributed by atoms with Gasteiger partial charge in [0.1, 0.15) is 5.82 Å². The highest BCUT2D eigenvalue weighted by atomic mass is 19.4. The molecule has 0 aromatic heterocycles. The fraction of sp³-hybridized carbons (Fsp3) is 0.0714. The van der Waals surface area contributed by atoms with Crippen molar-refractivity contribution in [1.82, 2.24) is 0 Å². The highest BCUT2D eigenvalue weighted by molar-refractivity contribution is 6.04. The highest BCUT2D eigenvalue weighted by Gasteiger charge is 2.35. The summed E-state index contributed by atoms with van der Waals surface area (Å²) in [4.78, 5) is 11.9. The molecular weight excluding hydrogens is 288 g/mol. The summed E-state index contributed by atoms with van der Waals surface area (Å²) in [6.45, 7) is 0. The Hall–Kier alpha value is -2.57. The summed E-state index contributed by atoms with van der Waals surface area (Å²) in [5.74, 6) is -2.59. The zero-order chi connectivity index (χ0) is 15.6. The van der Waals surface area contributed by atoms with E-state index in [4.69, 9.17) is 5.73 Å². The number of carbonyl (C=O) groups excluding carboxylic acids is 1. The number of halogens is 4. The number of hydrogen-bond acceptors (Lipinski definition) is 2. The van der Waals surface area contributed by atoms with Crippen molar-refractivity contribution in [2.24, 2.45) is 0 Å². The van der Waals surface area contributed by atoms with Crippen LogP contribution in [0.5, 0.6) is 0 Å². The van der Waals surface area contributed by atoms with Crippen LogP contribution in [0.1, 0.15) is 15.9 Å². The molecule has 0 bridgehead atoms. The molecule has 0 saturated carbocycles. The van der Waals surface area contributed by atoms with Crippen LogP contribution in [0.4, 0.5) is 28.9 Å². The number of benzene rings is 2. The van der Waals surface area contributed by atoms with Crippen LogP contribution in [-0.2, 0) is 6.18 Å². The molecule has 0 fully saturated rings. The Bertz CT molecular complexity index is 683. The van der Waals surface area contributed by atoms with Crippen molar-refractivity contribution >= 4 is 17.3 Å². The summed E-state index contributed by atoms with van der Waals surface area (Å²) in [7, 11) is 0. The number of anilines is 2. The van der Waals surface area contributed by atoms with Gasteiger partial charge in [0.25, 0.3) is 5.91 Å². The molecule has 0 aliphatic carbocycles. The molecule has 2 aromatic carbocycles. The van der Waals surface area contributed by atoms with Crippen LogP contribution in [0.2, 0.25) is 0 Å². The van der Waals surface area contributed by atoms with Gasteiger partial charge in [0, 0.05) is 11.4 Å². The molecule has 0 radical (unpaired) electrons. The molecule has 3 nitrogen and oxygen atoms in total. The molecular formula is C14H10F4N2O. The monoisotopic (exact) mass is 298 g/mol. The van der Waals surface area contributed by atoms with E-state index < -0.39 is 29.0 Å². The molecule has 3 N–H and O–H groups in total. The van der Waals surface area contributed by atoms with E-state index in [0.717, 1.165) is 12.1 Å². The Balaban J connectivity index is 2.32. The minimum atomic E-state index is -4.86. The number of carbonyl (C=O) groups is 1. The summed E-state index contributed by atoms with van der Waals surface area (Å²) in [6, 6.07) is 8.54. The van der Waals surface area contributed by atoms with Gasteiger partial charge in [-0.2, -0.15) is 13.2 Å². The summed E-state index contributed by atoms with van der Waals surface area (Å²) >= 11 is 0. The van der Waals surface area contributed by atoms with Gasteiger partial charge in [-0.1, -0.05) is 12.1 Å². The van der Waals surface area contributed by atoms with Crippen LogP contribution in [0.15, 0.2) is 42.5 Å². The van der Waals surface area contributed by atoms with Crippen LogP contribution < -0.4 is 11.1 Å². The van der Waals surface area contributed by atoms with Crippen LogP contribution >= 0.6 is 0 Å². The molecule has 2 rings (SSSR count). The van der Waals surface area contributed by atoms with Crippen molar-refractivity contribution in [2.75, 3.05) is 11.1 Å². The Morgan fingerprint density at radius 1 is 1.10 bits per heavy atom. The van der Waals surface area contributed by atoms with Gasteiger partial charge in [-0.15, -0.1) is 0 Å². The standard InChI is InChI=1S/C14H10F4N2O/c15-12-10(5-2-6-11(12)14(16,17)18)13(21)20-9-4-1-3-8(19)7-9/h1-7H,19H2,(H,20,21). The molecule has 21 heavy (non-hydrogen) atoms. The molecule has 110 valence electrons. The summed E-state index contributed by atoms with van der Waals surface area (Å²) < 4.78 is 51.5. The van der Waals surface area contributed by atoms with Crippen molar-refractivity contribution in [2.45, 2.75) is 6.18 Å². The minimum Gasteiger partial charge on any atom is -0.399 e. The molecule has 0 spiro atoms. The van der Waals surface area contributed by atoms with Crippen LogP contribution in [0, 0.1) is 5.82 Å². The largest absolute Gasteiger partial charge is 0.419 e. The van der Waals surface area contributed by atoms with E-state index >= 15 is 0 Å². The predicted octanol–water partition coefficient (Wildman–Crippen LogP) is 3.68. The van der Waals surface area contributed by atoms with Crippen LogP contribution in [0.3, 0.4) is 0 Å². The van der Waals surface area contributed by atoms with Gasteiger partial charge < -0.3 is 11.1 Å². The molecule has 7 heteroatoms. The first-order valence-corrected chi connectivity index (χ1v) is 5.81. The average Bonchev–Trinajstić information content (AvgIpc) is 2.37. The first-order chi connectivity index (χ1) is 9.79. The summed E-state index contributed by atoms with van der Waals surface area (Å²) in [6.07, 6.45) is -4.86. The van der Waals surface area contributed by atoms with E-state index in [-0.39, 0.29) is 5.69 Å². The van der Waals surface area contributed by atoms with Gasteiger partial charge in [-0.05, 0) is 30.3 Å². The topological polar surface area (TPSA) is 55.1 Å². The molecule has 0 heterocycles. The molecule has 0 aliphatic rings. The lowest BCUT2D eigenvalue weighted by molar-refractivity contribution is -0.140. The van der Waals surface area contributed by atoms with Crippen molar-refractivity contribution in [3.05, 3.63) is 59.4 Å². The maximum atomic E-state index is 13.8. The lowest BCUT2D eigenvalue weighted by atomic mass is 10.1. The number of nitrogens with one attached hydrogen (secondary N) is 1. The quantitative estimate of drug-likeness (QED) is 0.656. The Labute approximate surface area is 117 Å². The fourth-order valence-electron chi connectivity index (χ4n) is 1.74. The second-order valence-corrected chi connectivity index (χ2v) is 4.24.